The highest BCUT2D eigenvalue weighted by Gasteiger charge is 2.15. The number of carbonyl (C=O) groups excluding carboxylic acids is 2. The molecule has 0 aliphatic heterocycles. The molecular formula is C11H21ClN2O3. The summed E-state index contributed by atoms with van der Waals surface area (Å²) >= 11 is 5.31. The van der Waals surface area contributed by atoms with E-state index in [0.29, 0.717) is 13.1 Å². The lowest BCUT2D eigenvalue weighted by molar-refractivity contribution is -0.118. The number of ether oxygens (including phenoxy) is 1. The minimum atomic E-state index is -0.474. The number of hydrogen-bond acceptors (Lipinski definition) is 3. The monoisotopic (exact) mass is 264 g/mol. The van der Waals surface area contributed by atoms with Crippen molar-refractivity contribution >= 4 is 23.6 Å². The van der Waals surface area contributed by atoms with E-state index in [2.05, 4.69) is 10.6 Å². The third-order valence-corrected chi connectivity index (χ3v) is 1.96. The van der Waals surface area contributed by atoms with Gasteiger partial charge in [0.05, 0.1) is 0 Å². The average molecular weight is 265 g/mol. The molecule has 0 atom stereocenters. The van der Waals surface area contributed by atoms with Gasteiger partial charge in [-0.25, -0.2) is 4.79 Å². The van der Waals surface area contributed by atoms with Crippen molar-refractivity contribution < 1.29 is 14.3 Å². The van der Waals surface area contributed by atoms with Crippen LogP contribution in [0.2, 0.25) is 0 Å². The molecule has 0 aromatic heterocycles. The summed E-state index contributed by atoms with van der Waals surface area (Å²) in [4.78, 5) is 22.0. The summed E-state index contributed by atoms with van der Waals surface area (Å²) in [6.07, 6.45) is 1.16. The van der Waals surface area contributed by atoms with Gasteiger partial charge in [-0.05, 0) is 33.6 Å². The van der Waals surface area contributed by atoms with E-state index in [1.165, 1.54) is 0 Å². The number of nitrogens with one attached hydrogen (secondary N) is 2. The number of hydrogen-bond donors (Lipinski definition) is 2. The van der Waals surface area contributed by atoms with E-state index >= 15 is 0 Å². The largest absolute Gasteiger partial charge is 0.444 e. The minimum absolute atomic E-state index is 0.0177. The first-order chi connectivity index (χ1) is 7.85. The smallest absolute Gasteiger partial charge is 0.407 e. The Morgan fingerprint density at radius 2 is 1.65 bits per heavy atom. The fourth-order valence-electron chi connectivity index (χ4n) is 1.03. The molecule has 5 nitrogen and oxygen atoms in total. The first-order valence-electron chi connectivity index (χ1n) is 5.64. The number of amides is 2. The zero-order chi connectivity index (χ0) is 13.3. The predicted octanol–water partition coefficient (Wildman–Crippen LogP) is 1.65. The summed E-state index contributed by atoms with van der Waals surface area (Å²) in [5.41, 5.74) is -0.474. The first-order valence-corrected chi connectivity index (χ1v) is 6.18. The molecule has 0 aromatic rings. The SMILES string of the molecule is CC(C)(C)OC(=O)NCCCCNC(=O)CCl. The molecule has 0 rings (SSSR count). The molecule has 0 heterocycles. The quantitative estimate of drug-likeness (QED) is 0.566. The average Bonchev–Trinajstić information content (AvgIpc) is 2.20. The van der Waals surface area contributed by atoms with Gasteiger partial charge in [0.1, 0.15) is 11.5 Å². The van der Waals surface area contributed by atoms with Crippen LogP contribution in [-0.2, 0) is 9.53 Å². The Labute approximate surface area is 107 Å². The maximum absolute atomic E-state index is 11.2. The second kappa shape index (κ2) is 8.17. The number of rotatable bonds is 6. The van der Waals surface area contributed by atoms with Crippen LogP contribution < -0.4 is 10.6 Å². The summed E-state index contributed by atoms with van der Waals surface area (Å²) < 4.78 is 5.06. The van der Waals surface area contributed by atoms with Gasteiger partial charge in [-0.15, -0.1) is 11.6 Å². The topological polar surface area (TPSA) is 67.4 Å². The van der Waals surface area contributed by atoms with E-state index in [9.17, 15) is 9.59 Å². The Hall–Kier alpha value is -0.970. The molecule has 0 unspecified atom stereocenters. The van der Waals surface area contributed by atoms with E-state index in [4.69, 9.17) is 16.3 Å². The van der Waals surface area contributed by atoms with Gasteiger partial charge in [0.2, 0.25) is 5.91 Å². The van der Waals surface area contributed by atoms with Gasteiger partial charge in [-0.2, -0.15) is 0 Å². The highest BCUT2D eigenvalue weighted by Crippen LogP contribution is 2.06. The van der Waals surface area contributed by atoms with Gasteiger partial charge >= 0.3 is 6.09 Å². The van der Waals surface area contributed by atoms with Gasteiger partial charge < -0.3 is 15.4 Å². The number of carbonyl (C=O) groups is 2. The van der Waals surface area contributed by atoms with Crippen LogP contribution in [0.15, 0.2) is 0 Å². The Morgan fingerprint density at radius 1 is 1.12 bits per heavy atom. The van der Waals surface area contributed by atoms with E-state index in [1.54, 1.807) is 0 Å². The number of unbranched alkanes of at least 4 members (excludes halogenated alkanes) is 1. The Bertz CT molecular complexity index is 252. The van der Waals surface area contributed by atoms with Crippen molar-refractivity contribution in [2.24, 2.45) is 0 Å². The molecule has 0 saturated carbocycles. The molecule has 0 saturated heterocycles. The molecule has 2 amide bonds. The molecule has 2 N–H and O–H groups in total. The van der Waals surface area contributed by atoms with E-state index in [1.807, 2.05) is 20.8 Å². The predicted molar refractivity (Wildman–Crippen MR) is 67.2 cm³/mol. The zero-order valence-corrected chi connectivity index (χ0v) is 11.4. The van der Waals surface area contributed by atoms with Gasteiger partial charge in [-0.3, -0.25) is 4.79 Å². The van der Waals surface area contributed by atoms with E-state index in [-0.39, 0.29) is 11.8 Å². The van der Waals surface area contributed by atoms with E-state index < -0.39 is 11.7 Å². The molecular weight excluding hydrogens is 244 g/mol. The van der Waals surface area contributed by atoms with Crippen LogP contribution in [0.5, 0.6) is 0 Å². The van der Waals surface area contributed by atoms with Crippen LogP contribution >= 0.6 is 11.6 Å². The normalized spacial score (nSPS) is 10.8. The van der Waals surface area contributed by atoms with Crippen molar-refractivity contribution in [3.05, 3.63) is 0 Å². The molecule has 0 spiro atoms. The van der Waals surface area contributed by atoms with Crippen molar-refractivity contribution in [2.45, 2.75) is 39.2 Å². The fourth-order valence-corrected chi connectivity index (χ4v) is 1.12. The second-order valence-electron chi connectivity index (χ2n) is 4.62. The van der Waals surface area contributed by atoms with Crippen molar-refractivity contribution in [1.29, 1.82) is 0 Å². The summed E-state index contributed by atoms with van der Waals surface area (Å²) in [7, 11) is 0. The number of halogens is 1. The Morgan fingerprint density at radius 3 is 2.12 bits per heavy atom. The highest BCUT2D eigenvalue weighted by atomic mass is 35.5. The maximum Gasteiger partial charge on any atom is 0.407 e. The lowest BCUT2D eigenvalue weighted by Crippen LogP contribution is -2.33. The summed E-state index contributed by atoms with van der Waals surface area (Å²) in [6.45, 7) is 6.55. The van der Waals surface area contributed by atoms with Crippen LogP contribution in [0.1, 0.15) is 33.6 Å². The zero-order valence-electron chi connectivity index (χ0n) is 10.6. The molecule has 0 aliphatic carbocycles. The van der Waals surface area contributed by atoms with Crippen molar-refractivity contribution in [3.63, 3.8) is 0 Å². The number of alkyl halides is 1. The molecule has 0 bridgehead atoms. The van der Waals surface area contributed by atoms with E-state index in [0.717, 1.165) is 12.8 Å². The molecule has 100 valence electrons. The van der Waals surface area contributed by atoms with Crippen LogP contribution in [0.4, 0.5) is 4.79 Å². The van der Waals surface area contributed by atoms with Crippen molar-refractivity contribution in [2.75, 3.05) is 19.0 Å². The maximum atomic E-state index is 11.2. The third-order valence-electron chi connectivity index (χ3n) is 1.72. The summed E-state index contributed by atoms with van der Waals surface area (Å²) in [6, 6.07) is 0. The third kappa shape index (κ3) is 11.3. The van der Waals surface area contributed by atoms with Crippen molar-refractivity contribution in [3.8, 4) is 0 Å². The summed E-state index contributed by atoms with van der Waals surface area (Å²) in [5.74, 6) is -0.192. The highest BCUT2D eigenvalue weighted by molar-refractivity contribution is 6.27. The lowest BCUT2D eigenvalue weighted by atomic mass is 10.2. The molecule has 0 aromatic carbocycles. The molecule has 6 heteroatoms. The van der Waals surface area contributed by atoms with Gasteiger partial charge in [0.25, 0.3) is 0 Å². The Balaban J connectivity index is 3.40. The minimum Gasteiger partial charge on any atom is -0.444 e. The van der Waals surface area contributed by atoms with Crippen LogP contribution in [0.25, 0.3) is 0 Å². The van der Waals surface area contributed by atoms with Crippen LogP contribution in [0.3, 0.4) is 0 Å². The standard InChI is InChI=1S/C11H21ClN2O3/c1-11(2,3)17-10(16)14-7-5-4-6-13-9(15)8-12/h4-8H2,1-3H3,(H,13,15)(H,14,16). The van der Waals surface area contributed by atoms with Gasteiger partial charge in [0, 0.05) is 13.1 Å². The van der Waals surface area contributed by atoms with Gasteiger partial charge in [0.15, 0.2) is 0 Å². The second-order valence-corrected chi connectivity index (χ2v) is 4.89. The van der Waals surface area contributed by atoms with Gasteiger partial charge in [-0.1, -0.05) is 0 Å². The summed E-state index contributed by atoms with van der Waals surface area (Å²) in [5, 5.41) is 5.29. The van der Waals surface area contributed by atoms with Crippen LogP contribution in [0, 0.1) is 0 Å². The molecule has 17 heavy (non-hydrogen) atoms. The first kappa shape index (κ1) is 16.0. The molecule has 0 fully saturated rings. The van der Waals surface area contributed by atoms with Crippen LogP contribution in [-0.4, -0.2) is 36.6 Å². The molecule has 0 radical (unpaired) electrons. The fraction of sp³-hybridized carbons (Fsp3) is 0.818. The lowest BCUT2D eigenvalue weighted by Gasteiger charge is -2.19. The number of alkyl carbamates (subject to hydrolysis) is 1. The molecule has 0 aliphatic rings. The Kier molecular flexibility index (Phi) is 7.70. The van der Waals surface area contributed by atoms with Crippen molar-refractivity contribution in [1.82, 2.24) is 10.6 Å².